The second-order valence-electron chi connectivity index (χ2n) is 16.6. The van der Waals surface area contributed by atoms with Crippen molar-refractivity contribution in [3.05, 3.63) is 24.3 Å². The van der Waals surface area contributed by atoms with E-state index in [-0.39, 0.29) is 99.2 Å². The van der Waals surface area contributed by atoms with Gasteiger partial charge in [0.2, 0.25) is 0 Å². The molecule has 12 atom stereocenters. The van der Waals surface area contributed by atoms with Gasteiger partial charge in [-0.1, -0.05) is 24.3 Å². The number of allylic oxidation sites excluding steroid dienone is 2. The number of Topliss-reactive ketones (excluding diaryl/α,β-unsaturated/α-hetero) is 4. The fraction of sp³-hybridized carbons (Fsp3) is 0.737. The minimum absolute atomic E-state index is 0.00599. The Kier molecular flexibility index (Phi) is 8.68. The molecule has 0 aromatic carbocycles. The maximum atomic E-state index is 14.5. The zero-order valence-electron chi connectivity index (χ0n) is 29.4. The van der Waals surface area contributed by atoms with E-state index < -0.39 is 71.0 Å². The van der Waals surface area contributed by atoms with E-state index in [1.54, 1.807) is 13.8 Å². The van der Waals surface area contributed by atoms with Crippen LogP contribution in [0.3, 0.4) is 0 Å². The predicted octanol–water partition coefficient (Wildman–Crippen LogP) is 3.78. The maximum absolute atomic E-state index is 14.5. The molecule has 7 aliphatic heterocycles. The first-order valence-electron chi connectivity index (χ1n) is 18.0. The van der Waals surface area contributed by atoms with Gasteiger partial charge in [0.15, 0.2) is 22.8 Å². The smallest absolute Gasteiger partial charge is 0.341 e. The van der Waals surface area contributed by atoms with Crippen molar-refractivity contribution in [2.24, 2.45) is 11.8 Å². The molecule has 0 spiro atoms. The molecule has 50 heavy (non-hydrogen) atoms. The zero-order chi connectivity index (χ0) is 36.0. The Morgan fingerprint density at radius 2 is 0.980 bits per heavy atom. The van der Waals surface area contributed by atoms with Gasteiger partial charge < -0.3 is 28.4 Å². The molecule has 7 aliphatic rings. The lowest BCUT2D eigenvalue weighted by Gasteiger charge is -2.32. The van der Waals surface area contributed by atoms with E-state index in [0.717, 1.165) is 11.1 Å². The third-order valence-electron chi connectivity index (χ3n) is 12.2. The Hall–Kier alpha value is -3.06. The van der Waals surface area contributed by atoms with E-state index in [2.05, 4.69) is 13.2 Å². The molecular weight excluding hydrogens is 648 g/mol. The SMILES string of the molecule is C=C(C)[C@@H]1CCC23O[C@@H]2C(C[C@]2(C)CC(=O)[C@@H](CC(=O)C1)O2)OC(=O)C12CC[C@H](C(=C)C)CC(=O)C[C@@H]4O[C@](C)(CC4=O)C[C@@H](OC3=O)[C@@H]1O2. The van der Waals surface area contributed by atoms with E-state index in [4.69, 9.17) is 28.4 Å². The normalized spacial score (nSPS) is 46.6. The van der Waals surface area contributed by atoms with Gasteiger partial charge in [0.25, 0.3) is 0 Å². The summed E-state index contributed by atoms with van der Waals surface area (Å²) in [5, 5.41) is 0. The van der Waals surface area contributed by atoms with E-state index in [0.29, 0.717) is 12.8 Å². The molecule has 7 fully saturated rings. The van der Waals surface area contributed by atoms with E-state index >= 15 is 0 Å². The standard InChI is InChI=1S/C38H48O12/c1-19(2)21-7-9-37-31(49-37)29(17-35(5)15-25(41)27(47-35)13-23(39)11-21)46-34(44)38-10-8-22(20(3)4)12-24(40)14-28-26(42)16-36(6,48-28)18-30(32(38)50-38)45-33(37)43/h21-22,27-32H,1,3,7-18H2,2,4-6H3/t21-,22+,27-,28+,29+,30?,31-,32+,35+,36-,37?,38?/m0/s1. The number of ketones is 4. The molecule has 7 heterocycles. The summed E-state index contributed by atoms with van der Waals surface area (Å²) in [7, 11) is 0. The number of esters is 2. The van der Waals surface area contributed by atoms with Crippen LogP contribution < -0.4 is 0 Å². The van der Waals surface area contributed by atoms with E-state index in [1.165, 1.54) is 0 Å². The summed E-state index contributed by atoms with van der Waals surface area (Å²) in [6, 6.07) is 0. The molecule has 272 valence electrons. The molecule has 12 nitrogen and oxygen atoms in total. The number of carbonyl (C=O) groups excluding carboxylic acids is 6. The number of ether oxygens (including phenoxy) is 6. The van der Waals surface area contributed by atoms with Gasteiger partial charge >= 0.3 is 11.9 Å². The van der Waals surface area contributed by atoms with Gasteiger partial charge in [0, 0.05) is 51.4 Å². The van der Waals surface area contributed by atoms with Gasteiger partial charge in [-0.15, -0.1) is 0 Å². The van der Waals surface area contributed by atoms with Crippen molar-refractivity contribution in [2.75, 3.05) is 0 Å². The minimum atomic E-state index is -1.50. The number of hydrogen-bond acceptors (Lipinski definition) is 12. The van der Waals surface area contributed by atoms with E-state index in [1.807, 2.05) is 13.8 Å². The van der Waals surface area contributed by atoms with Crippen LogP contribution in [0.15, 0.2) is 24.3 Å². The van der Waals surface area contributed by atoms with Crippen molar-refractivity contribution in [3.63, 3.8) is 0 Å². The molecule has 0 aromatic rings. The molecule has 0 aliphatic carbocycles. The molecule has 12 heteroatoms. The number of carbonyl (C=O) groups is 6. The summed E-state index contributed by atoms with van der Waals surface area (Å²) in [5.74, 6) is -2.58. The monoisotopic (exact) mass is 696 g/mol. The van der Waals surface area contributed by atoms with Gasteiger partial charge in [-0.2, -0.15) is 0 Å². The maximum Gasteiger partial charge on any atom is 0.341 e. The van der Waals surface area contributed by atoms with Crippen molar-refractivity contribution in [1.29, 1.82) is 0 Å². The molecule has 0 N–H and O–H groups in total. The Morgan fingerprint density at radius 3 is 1.34 bits per heavy atom. The highest BCUT2D eigenvalue weighted by molar-refractivity contribution is 5.93. The van der Waals surface area contributed by atoms with Crippen LogP contribution in [0.4, 0.5) is 0 Å². The summed E-state index contributed by atoms with van der Waals surface area (Å²) in [6.45, 7) is 15.3. The van der Waals surface area contributed by atoms with Gasteiger partial charge in [-0.05, 0) is 65.2 Å². The second-order valence-corrected chi connectivity index (χ2v) is 16.6. The zero-order valence-corrected chi connectivity index (χ0v) is 29.4. The lowest BCUT2D eigenvalue weighted by molar-refractivity contribution is -0.166. The first-order valence-corrected chi connectivity index (χ1v) is 18.0. The van der Waals surface area contributed by atoms with Crippen LogP contribution in [0.1, 0.15) is 105 Å². The highest BCUT2D eigenvalue weighted by Gasteiger charge is 2.74. The molecule has 0 aromatic heterocycles. The fourth-order valence-corrected chi connectivity index (χ4v) is 9.19. The Balaban J connectivity index is 1.28. The summed E-state index contributed by atoms with van der Waals surface area (Å²) in [4.78, 5) is 81.6. The lowest BCUT2D eigenvalue weighted by atomic mass is 9.81. The fourth-order valence-electron chi connectivity index (χ4n) is 9.19. The Bertz CT molecular complexity index is 1450. The largest absolute Gasteiger partial charge is 0.457 e. The highest BCUT2D eigenvalue weighted by Crippen LogP contribution is 2.55. The predicted molar refractivity (Wildman–Crippen MR) is 174 cm³/mol. The third kappa shape index (κ3) is 6.34. The average Bonchev–Trinajstić information content (AvgIpc) is 3.88. The molecule has 7 rings (SSSR count). The summed E-state index contributed by atoms with van der Waals surface area (Å²) in [6.07, 6.45) is -4.32. The topological polar surface area (TPSA) is 164 Å². The summed E-state index contributed by atoms with van der Waals surface area (Å²) < 4.78 is 37.7. The van der Waals surface area contributed by atoms with Crippen molar-refractivity contribution >= 4 is 35.1 Å². The number of rotatable bonds is 2. The van der Waals surface area contributed by atoms with Gasteiger partial charge in [0.1, 0.15) is 48.2 Å². The van der Waals surface area contributed by atoms with Crippen LogP contribution in [-0.2, 0) is 57.2 Å². The van der Waals surface area contributed by atoms with Crippen LogP contribution in [0.5, 0.6) is 0 Å². The number of epoxide rings is 2. The lowest BCUT2D eigenvalue weighted by Crippen LogP contribution is -2.48. The van der Waals surface area contributed by atoms with Crippen LogP contribution in [-0.4, -0.2) is 94.1 Å². The van der Waals surface area contributed by atoms with Crippen molar-refractivity contribution < 1.29 is 57.2 Å². The van der Waals surface area contributed by atoms with Crippen molar-refractivity contribution in [1.82, 2.24) is 0 Å². The Labute approximate surface area is 291 Å². The molecule has 0 radical (unpaired) electrons. The van der Waals surface area contributed by atoms with Crippen LogP contribution in [0.2, 0.25) is 0 Å². The number of fused-ring (bicyclic) bond motifs is 4. The van der Waals surface area contributed by atoms with Crippen molar-refractivity contribution in [3.8, 4) is 0 Å². The van der Waals surface area contributed by atoms with Gasteiger partial charge in [0.05, 0.1) is 11.2 Å². The van der Waals surface area contributed by atoms with E-state index in [9.17, 15) is 28.8 Å². The third-order valence-corrected chi connectivity index (χ3v) is 12.2. The summed E-state index contributed by atoms with van der Waals surface area (Å²) in [5.41, 5.74) is -3.67. The quantitative estimate of drug-likeness (QED) is 0.234. The molecule has 0 amide bonds. The first-order chi connectivity index (χ1) is 23.4. The van der Waals surface area contributed by atoms with Gasteiger partial charge in [-0.25, -0.2) is 9.59 Å². The average molecular weight is 697 g/mol. The molecule has 7 saturated heterocycles. The second kappa shape index (κ2) is 12.3. The first kappa shape index (κ1) is 35.3. The Morgan fingerprint density at radius 1 is 0.600 bits per heavy atom. The molecule has 3 unspecified atom stereocenters. The molecule has 0 saturated carbocycles. The summed E-state index contributed by atoms with van der Waals surface area (Å²) >= 11 is 0. The van der Waals surface area contributed by atoms with Crippen LogP contribution in [0.25, 0.3) is 0 Å². The van der Waals surface area contributed by atoms with Gasteiger partial charge in [-0.3, -0.25) is 19.2 Å². The molecule has 8 bridgehead atoms. The van der Waals surface area contributed by atoms with Crippen LogP contribution >= 0.6 is 0 Å². The highest BCUT2D eigenvalue weighted by atomic mass is 16.7. The van der Waals surface area contributed by atoms with Crippen LogP contribution in [0, 0.1) is 11.8 Å². The van der Waals surface area contributed by atoms with Crippen molar-refractivity contribution in [2.45, 2.75) is 164 Å². The molecular formula is C38H48O12. The minimum Gasteiger partial charge on any atom is -0.457 e. The number of hydrogen-bond donors (Lipinski definition) is 0.